The van der Waals surface area contributed by atoms with Crippen LogP contribution in [0.1, 0.15) is 37.4 Å². The first kappa shape index (κ1) is 14.8. The van der Waals surface area contributed by atoms with Gasteiger partial charge in [-0.25, -0.2) is 0 Å². The van der Waals surface area contributed by atoms with Crippen LogP contribution in [0.15, 0.2) is 12.1 Å². The fraction of sp³-hybridized carbons (Fsp3) is 0.688. The molecular weight excluding hydrogens is 292 g/mol. The first-order valence-corrected chi connectivity index (χ1v) is 8.45. The van der Waals surface area contributed by atoms with Gasteiger partial charge in [0.1, 0.15) is 5.82 Å². The van der Waals surface area contributed by atoms with Crippen molar-refractivity contribution in [1.29, 1.82) is 0 Å². The summed E-state index contributed by atoms with van der Waals surface area (Å²) < 4.78 is 1.90. The topological polar surface area (TPSA) is 69.8 Å². The lowest BCUT2D eigenvalue weighted by atomic mass is 9.85. The number of rotatable bonds is 3. The highest BCUT2D eigenvalue weighted by Gasteiger charge is 2.36. The third kappa shape index (κ3) is 2.57. The van der Waals surface area contributed by atoms with Crippen LogP contribution in [0.4, 0.5) is 5.82 Å². The SMILES string of the molecule is CN(C)c1ccc2nnc(C3CCN(C4CCC4O)CC3)n2n1. The van der Waals surface area contributed by atoms with Crippen LogP contribution in [0.2, 0.25) is 0 Å². The zero-order valence-electron chi connectivity index (χ0n) is 13.8. The predicted octanol–water partition coefficient (Wildman–Crippen LogP) is 0.893. The normalized spacial score (nSPS) is 26.4. The second-order valence-corrected chi connectivity index (χ2v) is 6.94. The Hall–Kier alpha value is -1.73. The second kappa shape index (κ2) is 5.72. The Kier molecular flexibility index (Phi) is 3.69. The van der Waals surface area contributed by atoms with E-state index in [1.165, 1.54) is 0 Å². The van der Waals surface area contributed by atoms with Gasteiger partial charge >= 0.3 is 0 Å². The number of aliphatic hydroxyl groups excluding tert-OH is 1. The highest BCUT2D eigenvalue weighted by atomic mass is 16.3. The van der Waals surface area contributed by atoms with Gasteiger partial charge in [0.05, 0.1) is 6.10 Å². The summed E-state index contributed by atoms with van der Waals surface area (Å²) in [6.07, 6.45) is 4.07. The second-order valence-electron chi connectivity index (χ2n) is 6.94. The van der Waals surface area contributed by atoms with Gasteiger partial charge in [0.2, 0.25) is 0 Å². The molecule has 3 heterocycles. The van der Waals surface area contributed by atoms with E-state index < -0.39 is 0 Å². The summed E-state index contributed by atoms with van der Waals surface area (Å²) in [7, 11) is 3.97. The van der Waals surface area contributed by atoms with Gasteiger partial charge in [-0.3, -0.25) is 4.90 Å². The molecule has 1 aliphatic heterocycles. The number of hydrogen-bond donors (Lipinski definition) is 1. The Balaban J connectivity index is 1.52. The average Bonchev–Trinajstić information content (AvgIpc) is 2.97. The van der Waals surface area contributed by atoms with Gasteiger partial charge in [0.15, 0.2) is 11.5 Å². The molecule has 4 rings (SSSR count). The molecule has 2 aromatic heterocycles. The number of nitrogens with zero attached hydrogens (tertiary/aromatic N) is 6. The molecule has 1 saturated carbocycles. The van der Waals surface area contributed by atoms with Crippen molar-refractivity contribution in [3.05, 3.63) is 18.0 Å². The quantitative estimate of drug-likeness (QED) is 0.907. The van der Waals surface area contributed by atoms with Gasteiger partial charge in [-0.15, -0.1) is 15.3 Å². The minimum atomic E-state index is -0.121. The number of piperidine rings is 1. The van der Waals surface area contributed by atoms with Gasteiger partial charge in [-0.1, -0.05) is 0 Å². The summed E-state index contributed by atoms with van der Waals surface area (Å²) in [6.45, 7) is 2.04. The van der Waals surface area contributed by atoms with Crippen LogP contribution < -0.4 is 4.90 Å². The van der Waals surface area contributed by atoms with Crippen molar-refractivity contribution in [2.75, 3.05) is 32.1 Å². The Morgan fingerprint density at radius 3 is 2.48 bits per heavy atom. The van der Waals surface area contributed by atoms with E-state index in [4.69, 9.17) is 0 Å². The largest absolute Gasteiger partial charge is 0.391 e. The van der Waals surface area contributed by atoms with Crippen LogP contribution in [-0.4, -0.2) is 69.1 Å². The molecule has 0 bridgehead atoms. The molecule has 2 unspecified atom stereocenters. The molecule has 0 aromatic carbocycles. The van der Waals surface area contributed by atoms with Gasteiger partial charge in [0.25, 0.3) is 0 Å². The Bertz CT molecular complexity index is 691. The van der Waals surface area contributed by atoms with E-state index in [0.29, 0.717) is 12.0 Å². The van der Waals surface area contributed by atoms with Gasteiger partial charge in [0, 0.05) is 26.1 Å². The van der Waals surface area contributed by atoms with Gasteiger partial charge in [-0.2, -0.15) is 4.52 Å². The number of anilines is 1. The van der Waals surface area contributed by atoms with Gasteiger partial charge in [-0.05, 0) is 50.9 Å². The fourth-order valence-electron chi connectivity index (χ4n) is 3.67. The molecule has 2 aromatic rings. The summed E-state index contributed by atoms with van der Waals surface area (Å²) in [6, 6.07) is 4.32. The van der Waals surface area contributed by atoms with Crippen LogP contribution >= 0.6 is 0 Å². The highest BCUT2D eigenvalue weighted by molar-refractivity contribution is 5.45. The van der Waals surface area contributed by atoms with E-state index in [9.17, 15) is 5.11 Å². The number of fused-ring (bicyclic) bond motifs is 1. The summed E-state index contributed by atoms with van der Waals surface area (Å²) in [4.78, 5) is 4.43. The van der Waals surface area contributed by atoms with E-state index in [0.717, 1.165) is 56.1 Å². The average molecular weight is 316 g/mol. The lowest BCUT2D eigenvalue weighted by Crippen LogP contribution is -2.52. The third-order valence-corrected chi connectivity index (χ3v) is 5.30. The maximum absolute atomic E-state index is 9.85. The van der Waals surface area contributed by atoms with E-state index in [2.05, 4.69) is 20.2 Å². The molecule has 2 atom stereocenters. The smallest absolute Gasteiger partial charge is 0.178 e. The van der Waals surface area contributed by atoms with Gasteiger partial charge < -0.3 is 10.0 Å². The maximum Gasteiger partial charge on any atom is 0.178 e. The minimum Gasteiger partial charge on any atom is -0.391 e. The van der Waals surface area contributed by atoms with Crippen molar-refractivity contribution in [2.45, 2.75) is 43.7 Å². The Morgan fingerprint density at radius 1 is 1.09 bits per heavy atom. The number of aromatic nitrogens is 4. The molecule has 1 saturated heterocycles. The molecule has 2 aliphatic rings. The third-order valence-electron chi connectivity index (χ3n) is 5.30. The van der Waals surface area contributed by atoms with Crippen molar-refractivity contribution in [3.63, 3.8) is 0 Å². The number of likely N-dealkylation sites (tertiary alicyclic amines) is 1. The van der Waals surface area contributed by atoms with Crippen molar-refractivity contribution in [1.82, 2.24) is 24.7 Å². The zero-order valence-corrected chi connectivity index (χ0v) is 13.8. The number of aliphatic hydroxyl groups is 1. The fourth-order valence-corrected chi connectivity index (χ4v) is 3.67. The molecule has 1 N–H and O–H groups in total. The maximum atomic E-state index is 9.85. The molecule has 124 valence electrons. The van der Waals surface area contributed by atoms with E-state index in [1.54, 1.807) is 0 Å². The van der Waals surface area contributed by atoms with Crippen molar-refractivity contribution >= 4 is 11.5 Å². The summed E-state index contributed by atoms with van der Waals surface area (Å²) >= 11 is 0. The monoisotopic (exact) mass is 316 g/mol. The summed E-state index contributed by atoms with van der Waals surface area (Å²) in [5, 5.41) is 23.2. The van der Waals surface area contributed by atoms with Crippen molar-refractivity contribution in [3.8, 4) is 0 Å². The van der Waals surface area contributed by atoms with E-state index in [-0.39, 0.29) is 6.10 Å². The van der Waals surface area contributed by atoms with Crippen molar-refractivity contribution in [2.24, 2.45) is 0 Å². The van der Waals surface area contributed by atoms with Crippen LogP contribution in [-0.2, 0) is 0 Å². The molecule has 0 amide bonds. The lowest BCUT2D eigenvalue weighted by Gasteiger charge is -2.44. The molecule has 7 nitrogen and oxygen atoms in total. The summed E-state index contributed by atoms with van der Waals surface area (Å²) in [5.74, 6) is 2.27. The Morgan fingerprint density at radius 2 is 1.87 bits per heavy atom. The highest BCUT2D eigenvalue weighted by Crippen LogP contribution is 2.33. The minimum absolute atomic E-state index is 0.121. The lowest BCUT2D eigenvalue weighted by molar-refractivity contribution is -0.0304. The van der Waals surface area contributed by atoms with Crippen LogP contribution in [0, 0.1) is 0 Å². The molecule has 0 radical (unpaired) electrons. The van der Waals surface area contributed by atoms with Crippen LogP contribution in [0.25, 0.3) is 5.65 Å². The zero-order chi connectivity index (χ0) is 16.0. The molecule has 23 heavy (non-hydrogen) atoms. The van der Waals surface area contributed by atoms with E-state index in [1.807, 2.05) is 35.6 Å². The predicted molar refractivity (Wildman–Crippen MR) is 87.7 cm³/mol. The standard InChI is InChI=1S/C16H24N6O/c1-20(2)15-6-5-14-17-18-16(22(14)19-15)11-7-9-21(10-8-11)12-3-4-13(12)23/h5-6,11-13,23H,3-4,7-10H2,1-2H3. The van der Waals surface area contributed by atoms with Crippen LogP contribution in [0.5, 0.6) is 0 Å². The Labute approximate surface area is 135 Å². The first-order chi connectivity index (χ1) is 11.1. The number of hydrogen-bond acceptors (Lipinski definition) is 6. The molecule has 2 fully saturated rings. The molecule has 0 spiro atoms. The molecule has 1 aliphatic carbocycles. The van der Waals surface area contributed by atoms with Crippen molar-refractivity contribution < 1.29 is 5.11 Å². The molecular formula is C16H24N6O. The van der Waals surface area contributed by atoms with E-state index >= 15 is 0 Å². The molecule has 7 heteroatoms. The summed E-state index contributed by atoms with van der Waals surface area (Å²) in [5.41, 5.74) is 0.808. The van der Waals surface area contributed by atoms with Crippen LogP contribution in [0.3, 0.4) is 0 Å². The first-order valence-electron chi connectivity index (χ1n) is 8.45.